The van der Waals surface area contributed by atoms with Gasteiger partial charge in [0.2, 0.25) is 5.79 Å². The average molecular weight is 338 g/mol. The molecular formula is C21H22O4. The Morgan fingerprint density at radius 1 is 1.12 bits per heavy atom. The van der Waals surface area contributed by atoms with Crippen LogP contribution < -0.4 is 9.47 Å². The van der Waals surface area contributed by atoms with Crippen LogP contribution in [0.4, 0.5) is 0 Å². The van der Waals surface area contributed by atoms with Crippen molar-refractivity contribution in [3.8, 4) is 17.2 Å². The normalized spacial score (nSPS) is 24.1. The third-order valence-corrected chi connectivity index (χ3v) is 5.01. The maximum absolute atomic E-state index is 10.5. The van der Waals surface area contributed by atoms with Crippen molar-refractivity contribution >= 4 is 5.76 Å². The van der Waals surface area contributed by atoms with Gasteiger partial charge in [-0.25, -0.2) is 0 Å². The standard InChI is InChI=1S/C21H22O4/c1-5-21(4)24-19-13(3)18(14-9-7-6-8-10-14)23-15-11-12(2)17(22)20(25-21)16(15)19/h6-11,18,22H,5H2,1-4H3. The number of aryl methyl sites for hydroxylation is 1. The van der Waals surface area contributed by atoms with Gasteiger partial charge >= 0.3 is 0 Å². The number of hydrogen-bond acceptors (Lipinski definition) is 4. The van der Waals surface area contributed by atoms with E-state index in [1.807, 2.05) is 64.1 Å². The molecule has 2 aromatic rings. The molecule has 0 spiro atoms. The molecule has 130 valence electrons. The molecule has 25 heavy (non-hydrogen) atoms. The van der Waals surface area contributed by atoms with Crippen molar-refractivity contribution in [2.45, 2.75) is 46.0 Å². The molecule has 2 aliphatic heterocycles. The summed E-state index contributed by atoms with van der Waals surface area (Å²) in [7, 11) is 0. The lowest BCUT2D eigenvalue weighted by molar-refractivity contribution is -0.133. The first-order chi connectivity index (χ1) is 11.9. The first kappa shape index (κ1) is 15.9. The maximum Gasteiger partial charge on any atom is 0.248 e. The Bertz CT molecular complexity index is 869. The van der Waals surface area contributed by atoms with Crippen molar-refractivity contribution in [1.82, 2.24) is 0 Å². The number of benzene rings is 2. The lowest BCUT2D eigenvalue weighted by atomic mass is 9.93. The van der Waals surface area contributed by atoms with Crippen LogP contribution in [0.5, 0.6) is 17.2 Å². The van der Waals surface area contributed by atoms with Crippen molar-refractivity contribution in [3.63, 3.8) is 0 Å². The minimum atomic E-state index is -0.815. The molecule has 0 aliphatic carbocycles. The Morgan fingerprint density at radius 2 is 1.84 bits per heavy atom. The van der Waals surface area contributed by atoms with E-state index in [9.17, 15) is 5.11 Å². The molecule has 2 heterocycles. The fraction of sp³-hybridized carbons (Fsp3) is 0.333. The summed E-state index contributed by atoms with van der Waals surface area (Å²) in [5.74, 6) is 1.21. The fourth-order valence-corrected chi connectivity index (χ4v) is 3.36. The number of rotatable bonds is 2. The maximum atomic E-state index is 10.5. The Balaban J connectivity index is 1.96. The van der Waals surface area contributed by atoms with Gasteiger partial charge in [0.25, 0.3) is 0 Å². The minimum Gasteiger partial charge on any atom is -0.504 e. The molecule has 2 aromatic carbocycles. The number of aromatic hydroxyl groups is 1. The molecule has 0 fully saturated rings. The minimum absolute atomic E-state index is 0.147. The van der Waals surface area contributed by atoms with Crippen LogP contribution in [0.3, 0.4) is 0 Å². The molecule has 2 unspecified atom stereocenters. The predicted octanol–water partition coefficient (Wildman–Crippen LogP) is 5.10. The molecular weight excluding hydrogens is 316 g/mol. The SMILES string of the molecule is CCC1(C)OC2=C(C)C(c3ccccc3)Oc3cc(C)c(O)c(c32)O1. The summed E-state index contributed by atoms with van der Waals surface area (Å²) in [6, 6.07) is 11.9. The third-order valence-electron chi connectivity index (χ3n) is 5.01. The molecule has 1 N–H and O–H groups in total. The van der Waals surface area contributed by atoms with Gasteiger partial charge < -0.3 is 19.3 Å². The summed E-state index contributed by atoms with van der Waals surface area (Å²) in [5.41, 5.74) is 3.48. The van der Waals surface area contributed by atoms with E-state index in [4.69, 9.17) is 14.2 Å². The van der Waals surface area contributed by atoms with Gasteiger partial charge in [-0.05, 0) is 31.0 Å². The number of hydrogen-bond donors (Lipinski definition) is 1. The zero-order valence-electron chi connectivity index (χ0n) is 14.9. The van der Waals surface area contributed by atoms with Crippen molar-refractivity contribution in [3.05, 3.63) is 58.7 Å². The number of phenolic OH excluding ortho intramolecular Hbond substituents is 1. The average Bonchev–Trinajstić information content (AvgIpc) is 2.62. The molecule has 2 aliphatic rings. The monoisotopic (exact) mass is 338 g/mol. The van der Waals surface area contributed by atoms with Gasteiger partial charge in [0.1, 0.15) is 23.2 Å². The van der Waals surface area contributed by atoms with E-state index in [2.05, 4.69) is 0 Å². The van der Waals surface area contributed by atoms with Crippen molar-refractivity contribution in [1.29, 1.82) is 0 Å². The first-order valence-electron chi connectivity index (χ1n) is 8.61. The molecule has 4 nitrogen and oxygen atoms in total. The smallest absolute Gasteiger partial charge is 0.248 e. The van der Waals surface area contributed by atoms with E-state index in [1.54, 1.807) is 0 Å². The lowest BCUT2D eigenvalue weighted by Gasteiger charge is -2.41. The van der Waals surface area contributed by atoms with E-state index in [0.29, 0.717) is 23.5 Å². The van der Waals surface area contributed by atoms with Gasteiger partial charge in [-0.15, -0.1) is 0 Å². The largest absolute Gasteiger partial charge is 0.504 e. The second-order valence-corrected chi connectivity index (χ2v) is 6.86. The summed E-state index contributed by atoms with van der Waals surface area (Å²) in [5, 5.41) is 10.5. The Morgan fingerprint density at radius 3 is 2.52 bits per heavy atom. The molecule has 0 amide bonds. The zero-order valence-corrected chi connectivity index (χ0v) is 14.9. The van der Waals surface area contributed by atoms with Crippen molar-refractivity contribution < 1.29 is 19.3 Å². The molecule has 0 saturated heterocycles. The Kier molecular flexibility index (Phi) is 3.46. The van der Waals surface area contributed by atoms with E-state index in [0.717, 1.165) is 22.5 Å². The molecule has 4 rings (SSSR count). The highest BCUT2D eigenvalue weighted by molar-refractivity contribution is 5.80. The quantitative estimate of drug-likeness (QED) is 0.827. The number of ether oxygens (including phenoxy) is 3. The van der Waals surface area contributed by atoms with Crippen LogP contribution >= 0.6 is 0 Å². The van der Waals surface area contributed by atoms with Crippen LogP contribution in [-0.2, 0) is 4.74 Å². The van der Waals surface area contributed by atoms with Crippen LogP contribution in [0.15, 0.2) is 42.0 Å². The predicted molar refractivity (Wildman–Crippen MR) is 95.7 cm³/mol. The molecule has 0 radical (unpaired) electrons. The van der Waals surface area contributed by atoms with Gasteiger partial charge in [0, 0.05) is 18.9 Å². The first-order valence-corrected chi connectivity index (χ1v) is 8.61. The van der Waals surface area contributed by atoms with Crippen molar-refractivity contribution in [2.75, 3.05) is 0 Å². The summed E-state index contributed by atoms with van der Waals surface area (Å²) >= 11 is 0. The molecule has 0 aromatic heterocycles. The molecule has 4 heteroatoms. The van der Waals surface area contributed by atoms with Gasteiger partial charge in [-0.2, -0.15) is 0 Å². The van der Waals surface area contributed by atoms with Gasteiger partial charge in [-0.1, -0.05) is 37.3 Å². The summed E-state index contributed by atoms with van der Waals surface area (Å²) in [6.07, 6.45) is 0.433. The zero-order chi connectivity index (χ0) is 17.8. The third kappa shape index (κ3) is 2.36. The van der Waals surface area contributed by atoms with Crippen molar-refractivity contribution in [2.24, 2.45) is 0 Å². The lowest BCUT2D eigenvalue weighted by Crippen LogP contribution is -2.39. The van der Waals surface area contributed by atoms with E-state index in [1.165, 1.54) is 0 Å². The van der Waals surface area contributed by atoms with Gasteiger partial charge in [-0.3, -0.25) is 0 Å². The molecule has 0 saturated carbocycles. The van der Waals surface area contributed by atoms with Gasteiger partial charge in [0.15, 0.2) is 11.5 Å². The highest BCUT2D eigenvalue weighted by Crippen LogP contribution is 2.55. The van der Waals surface area contributed by atoms with E-state index >= 15 is 0 Å². The second-order valence-electron chi connectivity index (χ2n) is 6.86. The second kappa shape index (κ2) is 5.45. The van der Waals surface area contributed by atoms with Crippen LogP contribution in [0.25, 0.3) is 5.76 Å². The summed E-state index contributed by atoms with van der Waals surface area (Å²) < 4.78 is 18.6. The van der Waals surface area contributed by atoms with E-state index in [-0.39, 0.29) is 11.9 Å². The van der Waals surface area contributed by atoms with E-state index < -0.39 is 5.79 Å². The Hall–Kier alpha value is -2.62. The van der Waals surface area contributed by atoms with Gasteiger partial charge in [0.05, 0.1) is 0 Å². The highest BCUT2D eigenvalue weighted by Gasteiger charge is 2.43. The summed E-state index contributed by atoms with van der Waals surface area (Å²) in [6.45, 7) is 7.76. The van der Waals surface area contributed by atoms with Crippen LogP contribution in [0, 0.1) is 6.92 Å². The fourth-order valence-electron chi connectivity index (χ4n) is 3.36. The highest BCUT2D eigenvalue weighted by atomic mass is 16.7. The van der Waals surface area contributed by atoms with Crippen LogP contribution in [0.2, 0.25) is 0 Å². The number of phenols is 1. The van der Waals surface area contributed by atoms with Crippen LogP contribution in [-0.4, -0.2) is 10.9 Å². The summed E-state index contributed by atoms with van der Waals surface area (Å²) in [4.78, 5) is 0. The topological polar surface area (TPSA) is 47.9 Å². The molecule has 0 bridgehead atoms. The van der Waals surface area contributed by atoms with Crippen LogP contribution in [0.1, 0.15) is 50.0 Å². The Labute approximate surface area is 147 Å². The molecule has 2 atom stereocenters.